The molecule has 0 radical (unpaired) electrons. The Morgan fingerprint density at radius 1 is 1.10 bits per heavy atom. The number of carbonyl (C=O) groups excluding carboxylic acids is 2. The molecule has 154 valence electrons. The van der Waals surface area contributed by atoms with Crippen molar-refractivity contribution in [2.24, 2.45) is 5.92 Å². The van der Waals surface area contributed by atoms with Crippen molar-refractivity contribution in [3.63, 3.8) is 0 Å². The minimum absolute atomic E-state index is 0.0432. The second-order valence-corrected chi connectivity index (χ2v) is 6.64. The van der Waals surface area contributed by atoms with E-state index in [1.807, 2.05) is 5.32 Å². The highest BCUT2D eigenvalue weighted by Crippen LogP contribution is 2.37. The number of nitrogens with zero attached hydrogens (tertiary/aromatic N) is 1. The summed E-state index contributed by atoms with van der Waals surface area (Å²) < 4.78 is 79.3. The third-order valence-corrected chi connectivity index (χ3v) is 4.73. The number of likely N-dealkylation sites (tertiary alicyclic amines) is 1. The lowest BCUT2D eigenvalue weighted by Crippen LogP contribution is -2.33. The van der Waals surface area contributed by atoms with Crippen molar-refractivity contribution in [1.82, 2.24) is 4.90 Å². The van der Waals surface area contributed by atoms with Crippen LogP contribution in [0.1, 0.15) is 17.0 Å². The maximum atomic E-state index is 13.8. The molecular formula is C19H14F6N2O2. The highest BCUT2D eigenvalue weighted by molar-refractivity contribution is 6.08. The van der Waals surface area contributed by atoms with E-state index in [0.717, 1.165) is 29.2 Å². The van der Waals surface area contributed by atoms with Gasteiger partial charge in [0.1, 0.15) is 5.92 Å². The molecule has 1 N–H and O–H groups in total. The van der Waals surface area contributed by atoms with E-state index >= 15 is 0 Å². The number of likely N-dealkylation sites (N-methyl/N-ethyl adjacent to an activating group) is 1. The van der Waals surface area contributed by atoms with Gasteiger partial charge in [-0.15, -0.1) is 0 Å². The number of carbonyl (C=O) groups is 2. The summed E-state index contributed by atoms with van der Waals surface area (Å²) in [6.45, 7) is -0.0432. The van der Waals surface area contributed by atoms with Gasteiger partial charge in [-0.2, -0.15) is 13.2 Å². The quantitative estimate of drug-likeness (QED) is 0.468. The average molecular weight is 416 g/mol. The fourth-order valence-corrected chi connectivity index (χ4v) is 3.27. The van der Waals surface area contributed by atoms with E-state index in [2.05, 4.69) is 0 Å². The van der Waals surface area contributed by atoms with Crippen molar-refractivity contribution in [3.05, 3.63) is 65.0 Å². The average Bonchev–Trinajstić information content (AvgIpc) is 2.96. The number of amides is 2. The van der Waals surface area contributed by atoms with Crippen LogP contribution < -0.4 is 5.32 Å². The summed E-state index contributed by atoms with van der Waals surface area (Å²) in [6, 6.07) is 5.59. The van der Waals surface area contributed by atoms with Gasteiger partial charge >= 0.3 is 6.18 Å². The maximum absolute atomic E-state index is 13.8. The summed E-state index contributed by atoms with van der Waals surface area (Å²) >= 11 is 0. The highest BCUT2D eigenvalue weighted by Gasteiger charge is 2.45. The molecule has 2 aromatic rings. The Morgan fingerprint density at radius 2 is 1.79 bits per heavy atom. The standard InChI is InChI=1S/C19H14F6N2O2/c1-27-8-11(9-3-2-4-10(7-9)19(23,24)25)14(18(27)29)17(28)26-13-6-5-12(20)15(21)16(13)22/h2-7,11,14H,8H2,1H3,(H,26,28)/t11-,14+/m1/s1. The molecule has 0 unspecified atom stereocenters. The summed E-state index contributed by atoms with van der Waals surface area (Å²) in [5, 5.41) is 2.03. The third-order valence-electron chi connectivity index (χ3n) is 4.73. The van der Waals surface area contributed by atoms with Crippen LogP contribution in [0.4, 0.5) is 32.0 Å². The minimum atomic E-state index is -4.61. The number of alkyl halides is 3. The van der Waals surface area contributed by atoms with Crippen LogP contribution in [0.3, 0.4) is 0 Å². The van der Waals surface area contributed by atoms with Gasteiger partial charge in [-0.1, -0.05) is 18.2 Å². The molecule has 0 bridgehead atoms. The molecule has 2 atom stereocenters. The number of nitrogens with one attached hydrogen (secondary N) is 1. The van der Waals surface area contributed by atoms with E-state index in [1.54, 1.807) is 0 Å². The predicted molar refractivity (Wildman–Crippen MR) is 90.3 cm³/mol. The largest absolute Gasteiger partial charge is 0.416 e. The monoisotopic (exact) mass is 416 g/mol. The third kappa shape index (κ3) is 3.92. The fraction of sp³-hybridized carbons (Fsp3) is 0.263. The first-order valence-electron chi connectivity index (χ1n) is 8.37. The lowest BCUT2D eigenvalue weighted by atomic mass is 9.87. The highest BCUT2D eigenvalue weighted by atomic mass is 19.4. The molecule has 4 nitrogen and oxygen atoms in total. The zero-order chi connectivity index (χ0) is 21.5. The van der Waals surface area contributed by atoms with Gasteiger partial charge < -0.3 is 10.2 Å². The molecule has 2 aromatic carbocycles. The lowest BCUT2D eigenvalue weighted by Gasteiger charge is -2.18. The number of hydrogen-bond acceptors (Lipinski definition) is 2. The second kappa shape index (κ2) is 7.41. The van der Waals surface area contributed by atoms with Crippen LogP contribution in [0.15, 0.2) is 36.4 Å². The van der Waals surface area contributed by atoms with Gasteiger partial charge in [-0.3, -0.25) is 9.59 Å². The summed E-state index contributed by atoms with van der Waals surface area (Å²) in [5.41, 5.74) is -1.52. The molecule has 1 heterocycles. The van der Waals surface area contributed by atoms with Crippen LogP contribution >= 0.6 is 0 Å². The number of hydrogen-bond donors (Lipinski definition) is 1. The molecular weight excluding hydrogens is 402 g/mol. The van der Waals surface area contributed by atoms with Crippen molar-refractivity contribution in [2.75, 3.05) is 18.9 Å². The van der Waals surface area contributed by atoms with Crippen molar-refractivity contribution < 1.29 is 35.9 Å². The molecule has 0 spiro atoms. The fourth-order valence-electron chi connectivity index (χ4n) is 3.27. The molecule has 1 saturated heterocycles. The molecule has 0 aromatic heterocycles. The minimum Gasteiger partial charge on any atom is -0.344 e. The number of halogens is 6. The van der Waals surface area contributed by atoms with Gasteiger partial charge in [0.15, 0.2) is 17.5 Å². The first-order valence-corrected chi connectivity index (χ1v) is 8.37. The van der Waals surface area contributed by atoms with E-state index in [-0.39, 0.29) is 12.1 Å². The molecule has 1 aliphatic rings. The van der Waals surface area contributed by atoms with Gasteiger partial charge in [-0.05, 0) is 23.8 Å². The van der Waals surface area contributed by atoms with Crippen molar-refractivity contribution in [1.29, 1.82) is 0 Å². The topological polar surface area (TPSA) is 49.4 Å². The van der Waals surface area contributed by atoms with Crippen molar-refractivity contribution in [3.8, 4) is 0 Å². The molecule has 0 saturated carbocycles. The van der Waals surface area contributed by atoms with Crippen LogP contribution in [-0.4, -0.2) is 30.3 Å². The smallest absolute Gasteiger partial charge is 0.344 e. The van der Waals surface area contributed by atoms with Crippen LogP contribution in [-0.2, 0) is 15.8 Å². The summed E-state index contributed by atoms with van der Waals surface area (Å²) in [5.74, 6) is -9.03. The molecule has 2 amide bonds. The molecule has 0 aliphatic carbocycles. The Bertz CT molecular complexity index is 976. The summed E-state index contributed by atoms with van der Waals surface area (Å²) in [7, 11) is 1.37. The molecule has 3 rings (SSSR count). The second-order valence-electron chi connectivity index (χ2n) is 6.64. The first kappa shape index (κ1) is 20.7. The van der Waals surface area contributed by atoms with Gasteiger partial charge in [-0.25, -0.2) is 13.2 Å². The van der Waals surface area contributed by atoms with Crippen LogP contribution in [0.2, 0.25) is 0 Å². The predicted octanol–water partition coefficient (Wildman–Crippen LogP) is 3.93. The lowest BCUT2D eigenvalue weighted by molar-refractivity contribution is -0.137. The SMILES string of the molecule is CN1C[C@H](c2cccc(C(F)(F)F)c2)[C@@H](C(=O)Nc2ccc(F)c(F)c2F)C1=O. The van der Waals surface area contributed by atoms with Crippen molar-refractivity contribution >= 4 is 17.5 Å². The van der Waals surface area contributed by atoms with Gasteiger partial charge in [0.25, 0.3) is 0 Å². The van der Waals surface area contributed by atoms with Gasteiger partial charge in [0.2, 0.25) is 11.8 Å². The number of benzene rings is 2. The van der Waals surface area contributed by atoms with E-state index in [0.29, 0.717) is 6.07 Å². The van der Waals surface area contributed by atoms with Crippen molar-refractivity contribution in [2.45, 2.75) is 12.1 Å². The maximum Gasteiger partial charge on any atom is 0.416 e. The summed E-state index contributed by atoms with van der Waals surface area (Å²) in [6.07, 6.45) is -4.61. The molecule has 1 fully saturated rings. The number of rotatable bonds is 3. The van der Waals surface area contributed by atoms with Crippen LogP contribution in [0.25, 0.3) is 0 Å². The normalized spacial score (nSPS) is 19.6. The number of anilines is 1. The zero-order valence-corrected chi connectivity index (χ0v) is 14.9. The zero-order valence-electron chi connectivity index (χ0n) is 14.9. The van der Waals surface area contributed by atoms with Crippen LogP contribution in [0.5, 0.6) is 0 Å². The molecule has 29 heavy (non-hydrogen) atoms. The van der Waals surface area contributed by atoms with E-state index in [1.165, 1.54) is 13.1 Å². The Balaban J connectivity index is 1.93. The Morgan fingerprint density at radius 3 is 2.45 bits per heavy atom. The van der Waals surface area contributed by atoms with Crippen LogP contribution in [0, 0.1) is 23.4 Å². The van der Waals surface area contributed by atoms with Gasteiger partial charge in [0.05, 0.1) is 11.3 Å². The van der Waals surface area contributed by atoms with E-state index in [9.17, 15) is 35.9 Å². The Hall–Kier alpha value is -3.04. The molecule has 10 heteroatoms. The van der Waals surface area contributed by atoms with E-state index in [4.69, 9.17) is 0 Å². The summed E-state index contributed by atoms with van der Waals surface area (Å²) in [4.78, 5) is 26.2. The molecule has 1 aliphatic heterocycles. The van der Waals surface area contributed by atoms with Gasteiger partial charge in [0, 0.05) is 19.5 Å². The first-order chi connectivity index (χ1) is 13.5. The van der Waals surface area contributed by atoms with E-state index < -0.39 is 58.5 Å². The Labute approximate surface area is 161 Å². The Kier molecular flexibility index (Phi) is 5.29.